The molecule has 0 bridgehead atoms. The first-order valence-electron chi connectivity index (χ1n) is 7.81. The molecule has 2 aromatic rings. The maximum atomic E-state index is 12.7. The van der Waals surface area contributed by atoms with E-state index in [9.17, 15) is 4.79 Å². The molecule has 104 valence electrons. The van der Waals surface area contributed by atoms with Crippen LogP contribution in [0.4, 0.5) is 0 Å². The average molecular weight is 266 g/mol. The molecule has 1 nitrogen and oxygen atoms in total. The molecule has 2 unspecified atom stereocenters. The lowest BCUT2D eigenvalue weighted by Crippen LogP contribution is -2.22. The number of hydrogen-bond acceptors (Lipinski definition) is 1. The van der Waals surface area contributed by atoms with Gasteiger partial charge in [-0.05, 0) is 35.6 Å². The Morgan fingerprint density at radius 1 is 1.10 bits per heavy atom. The van der Waals surface area contributed by atoms with Crippen molar-refractivity contribution in [3.8, 4) is 0 Å². The Labute approximate surface area is 121 Å². The number of benzene rings is 2. The Morgan fingerprint density at radius 3 is 2.70 bits per heavy atom. The van der Waals surface area contributed by atoms with E-state index in [-0.39, 0.29) is 5.92 Å². The van der Waals surface area contributed by atoms with Gasteiger partial charge in [0.2, 0.25) is 0 Å². The topological polar surface area (TPSA) is 17.1 Å². The number of carbonyl (C=O) groups is 1. The van der Waals surface area contributed by atoms with E-state index in [0.29, 0.717) is 5.78 Å². The zero-order chi connectivity index (χ0) is 13.9. The van der Waals surface area contributed by atoms with E-state index in [1.54, 1.807) is 0 Å². The van der Waals surface area contributed by atoms with Crippen LogP contribution in [0.2, 0.25) is 0 Å². The van der Waals surface area contributed by atoms with Gasteiger partial charge >= 0.3 is 0 Å². The first kappa shape index (κ1) is 13.4. The van der Waals surface area contributed by atoms with Crippen molar-refractivity contribution in [1.82, 2.24) is 0 Å². The minimum Gasteiger partial charge on any atom is -0.294 e. The monoisotopic (exact) mass is 266 g/mol. The molecule has 0 saturated heterocycles. The van der Waals surface area contributed by atoms with Crippen molar-refractivity contribution in [3.05, 3.63) is 48.0 Å². The van der Waals surface area contributed by atoms with Gasteiger partial charge in [0, 0.05) is 11.5 Å². The van der Waals surface area contributed by atoms with E-state index in [4.69, 9.17) is 0 Å². The molecular formula is C19H22O. The van der Waals surface area contributed by atoms with Gasteiger partial charge in [0.05, 0.1) is 0 Å². The third-order valence-electron chi connectivity index (χ3n) is 4.76. The molecule has 20 heavy (non-hydrogen) atoms. The molecule has 2 aromatic carbocycles. The number of ketones is 1. The molecule has 2 atom stereocenters. The van der Waals surface area contributed by atoms with Crippen LogP contribution in [-0.4, -0.2) is 5.78 Å². The van der Waals surface area contributed by atoms with Crippen LogP contribution in [0.1, 0.15) is 49.4 Å². The SMILES string of the molecule is CCC1CCCC(C(=O)c2ccc3ccccc3c2)C1. The Bertz CT molecular complexity index is 614. The van der Waals surface area contributed by atoms with Gasteiger partial charge in [-0.25, -0.2) is 0 Å². The maximum Gasteiger partial charge on any atom is 0.165 e. The second kappa shape index (κ2) is 5.78. The van der Waals surface area contributed by atoms with Crippen molar-refractivity contribution in [2.24, 2.45) is 11.8 Å². The molecule has 1 aliphatic rings. The van der Waals surface area contributed by atoms with Crippen LogP contribution < -0.4 is 0 Å². The van der Waals surface area contributed by atoms with Crippen LogP contribution in [-0.2, 0) is 0 Å². The molecule has 0 aromatic heterocycles. The molecule has 0 radical (unpaired) electrons. The van der Waals surface area contributed by atoms with Crippen molar-refractivity contribution in [2.75, 3.05) is 0 Å². The normalized spacial score (nSPS) is 22.9. The van der Waals surface area contributed by atoms with Crippen molar-refractivity contribution < 1.29 is 4.79 Å². The molecule has 3 rings (SSSR count). The zero-order valence-corrected chi connectivity index (χ0v) is 12.1. The fourth-order valence-electron chi connectivity index (χ4n) is 3.48. The molecule has 1 fully saturated rings. The summed E-state index contributed by atoms with van der Waals surface area (Å²) in [5, 5.41) is 2.38. The summed E-state index contributed by atoms with van der Waals surface area (Å²) < 4.78 is 0. The fourth-order valence-corrected chi connectivity index (χ4v) is 3.48. The number of hydrogen-bond donors (Lipinski definition) is 0. The van der Waals surface area contributed by atoms with Crippen LogP contribution in [0, 0.1) is 11.8 Å². The first-order valence-corrected chi connectivity index (χ1v) is 7.81. The minimum atomic E-state index is 0.245. The van der Waals surface area contributed by atoms with Crippen molar-refractivity contribution in [2.45, 2.75) is 39.0 Å². The molecule has 0 N–H and O–H groups in total. The molecule has 1 heteroatoms. The fraction of sp³-hybridized carbons (Fsp3) is 0.421. The number of Topliss-reactive ketones (excluding diaryl/α,β-unsaturated/α-hetero) is 1. The summed E-state index contributed by atoms with van der Waals surface area (Å²) in [6.07, 6.45) is 5.88. The molecule has 0 aliphatic heterocycles. The van der Waals surface area contributed by atoms with Crippen molar-refractivity contribution in [1.29, 1.82) is 0 Å². The van der Waals surface area contributed by atoms with E-state index in [0.717, 1.165) is 24.3 Å². The second-order valence-electron chi connectivity index (χ2n) is 6.06. The number of rotatable bonds is 3. The summed E-state index contributed by atoms with van der Waals surface area (Å²) in [6.45, 7) is 2.24. The smallest absolute Gasteiger partial charge is 0.165 e. The maximum absolute atomic E-state index is 12.7. The van der Waals surface area contributed by atoms with E-state index in [1.165, 1.54) is 30.0 Å². The number of carbonyl (C=O) groups excluding carboxylic acids is 1. The second-order valence-corrected chi connectivity index (χ2v) is 6.06. The minimum absolute atomic E-state index is 0.245. The third-order valence-corrected chi connectivity index (χ3v) is 4.76. The summed E-state index contributed by atoms with van der Waals surface area (Å²) in [4.78, 5) is 12.7. The summed E-state index contributed by atoms with van der Waals surface area (Å²) in [7, 11) is 0. The van der Waals surface area contributed by atoms with E-state index in [1.807, 2.05) is 18.2 Å². The quantitative estimate of drug-likeness (QED) is 0.694. The molecule has 1 aliphatic carbocycles. The summed E-state index contributed by atoms with van der Waals surface area (Å²) in [6, 6.07) is 14.4. The summed E-state index contributed by atoms with van der Waals surface area (Å²) in [5.41, 5.74) is 0.894. The predicted octanol–water partition coefficient (Wildman–Crippen LogP) is 5.24. The first-order chi connectivity index (χ1) is 9.78. The average Bonchev–Trinajstić information content (AvgIpc) is 2.53. The lowest BCUT2D eigenvalue weighted by molar-refractivity contribution is 0.0862. The van der Waals surface area contributed by atoms with Gasteiger partial charge in [0.15, 0.2) is 5.78 Å². The lowest BCUT2D eigenvalue weighted by atomic mass is 9.77. The molecule has 0 heterocycles. The zero-order valence-electron chi connectivity index (χ0n) is 12.1. The molecule has 1 saturated carbocycles. The van der Waals surface area contributed by atoms with Crippen LogP contribution in [0.5, 0.6) is 0 Å². The Hall–Kier alpha value is -1.63. The van der Waals surface area contributed by atoms with E-state index in [2.05, 4.69) is 31.2 Å². The van der Waals surface area contributed by atoms with E-state index >= 15 is 0 Å². The van der Waals surface area contributed by atoms with Gasteiger partial charge in [-0.15, -0.1) is 0 Å². The highest BCUT2D eigenvalue weighted by atomic mass is 16.1. The standard InChI is InChI=1S/C19H22O/c1-2-14-6-5-9-17(12-14)19(20)18-11-10-15-7-3-4-8-16(15)13-18/h3-4,7-8,10-11,13-14,17H,2,5-6,9,12H2,1H3. The van der Waals surface area contributed by atoms with Crippen LogP contribution in [0.15, 0.2) is 42.5 Å². The Balaban J connectivity index is 1.84. The highest BCUT2D eigenvalue weighted by Crippen LogP contribution is 2.33. The van der Waals surface area contributed by atoms with Crippen LogP contribution in [0.3, 0.4) is 0 Å². The summed E-state index contributed by atoms with van der Waals surface area (Å²) in [5.74, 6) is 1.35. The number of fused-ring (bicyclic) bond motifs is 1. The Morgan fingerprint density at radius 2 is 1.90 bits per heavy atom. The van der Waals surface area contributed by atoms with Gasteiger partial charge in [0.1, 0.15) is 0 Å². The predicted molar refractivity (Wildman–Crippen MR) is 84.0 cm³/mol. The van der Waals surface area contributed by atoms with Crippen molar-refractivity contribution in [3.63, 3.8) is 0 Å². The highest BCUT2D eigenvalue weighted by Gasteiger charge is 2.27. The van der Waals surface area contributed by atoms with Gasteiger partial charge in [-0.3, -0.25) is 4.79 Å². The third kappa shape index (κ3) is 2.63. The van der Waals surface area contributed by atoms with Crippen LogP contribution >= 0.6 is 0 Å². The largest absolute Gasteiger partial charge is 0.294 e. The molecular weight excluding hydrogens is 244 g/mol. The van der Waals surface area contributed by atoms with Crippen LogP contribution in [0.25, 0.3) is 10.8 Å². The van der Waals surface area contributed by atoms with Gasteiger partial charge in [0.25, 0.3) is 0 Å². The van der Waals surface area contributed by atoms with E-state index < -0.39 is 0 Å². The van der Waals surface area contributed by atoms with Gasteiger partial charge in [-0.2, -0.15) is 0 Å². The van der Waals surface area contributed by atoms with Gasteiger partial charge < -0.3 is 0 Å². The van der Waals surface area contributed by atoms with Crippen molar-refractivity contribution >= 4 is 16.6 Å². The highest BCUT2D eigenvalue weighted by molar-refractivity contribution is 6.01. The molecule has 0 spiro atoms. The molecule has 0 amide bonds. The summed E-state index contributed by atoms with van der Waals surface area (Å²) >= 11 is 0. The Kier molecular flexibility index (Phi) is 3.86. The van der Waals surface area contributed by atoms with Gasteiger partial charge in [-0.1, -0.05) is 62.6 Å². The lowest BCUT2D eigenvalue weighted by Gasteiger charge is -2.27.